The largest absolute Gasteiger partial charge is 0.356 e. The van der Waals surface area contributed by atoms with E-state index in [0.717, 1.165) is 34.1 Å². The van der Waals surface area contributed by atoms with Crippen LogP contribution in [0.1, 0.15) is 67.3 Å². The van der Waals surface area contributed by atoms with Crippen molar-refractivity contribution in [3.63, 3.8) is 0 Å². The molecule has 2 aliphatic rings. The van der Waals surface area contributed by atoms with E-state index in [4.69, 9.17) is 0 Å². The second-order valence-electron chi connectivity index (χ2n) is 10.0. The normalized spacial score (nSPS) is 20.3. The number of nitrogens with zero attached hydrogens (tertiary/aromatic N) is 1. The van der Waals surface area contributed by atoms with Crippen molar-refractivity contribution in [2.75, 3.05) is 0 Å². The summed E-state index contributed by atoms with van der Waals surface area (Å²) in [4.78, 5) is 45.5. The third-order valence-corrected chi connectivity index (χ3v) is 7.40. The molecule has 35 heavy (non-hydrogen) atoms. The molecule has 2 aromatic carbocycles. The van der Waals surface area contributed by atoms with E-state index in [0.29, 0.717) is 12.0 Å². The third-order valence-electron chi connectivity index (χ3n) is 7.40. The van der Waals surface area contributed by atoms with Crippen LogP contribution in [0.25, 0.3) is 10.9 Å². The lowest BCUT2D eigenvalue weighted by molar-refractivity contribution is -0.133. The SMILES string of the molecule is CC[C@H](C)NC(=O)[C@H](NC(=O)[C@@H]1Cc2c([nH]c3ccccc23)[C@H]2c3ccccc3C(=O)N21)C(C)C. The zero-order chi connectivity index (χ0) is 24.9. The molecule has 0 bridgehead atoms. The summed E-state index contributed by atoms with van der Waals surface area (Å²) in [7, 11) is 0. The van der Waals surface area contributed by atoms with Crippen LogP contribution in [0.5, 0.6) is 0 Å². The van der Waals surface area contributed by atoms with Crippen molar-refractivity contribution in [1.29, 1.82) is 0 Å². The number of hydrogen-bond donors (Lipinski definition) is 3. The van der Waals surface area contributed by atoms with Gasteiger partial charge in [-0.1, -0.05) is 57.2 Å². The highest BCUT2D eigenvalue weighted by Crippen LogP contribution is 2.46. The number of fused-ring (bicyclic) bond motifs is 7. The van der Waals surface area contributed by atoms with Gasteiger partial charge in [0.2, 0.25) is 11.8 Å². The lowest BCUT2D eigenvalue weighted by atomic mass is 9.89. The van der Waals surface area contributed by atoms with E-state index in [1.165, 1.54) is 0 Å². The molecule has 5 rings (SSSR count). The summed E-state index contributed by atoms with van der Waals surface area (Å²) in [6.07, 6.45) is 1.19. The Kier molecular flexibility index (Phi) is 5.87. The first kappa shape index (κ1) is 23.1. The lowest BCUT2D eigenvalue weighted by Gasteiger charge is -2.38. The van der Waals surface area contributed by atoms with Gasteiger partial charge in [0.05, 0.1) is 6.04 Å². The van der Waals surface area contributed by atoms with Gasteiger partial charge in [-0.3, -0.25) is 14.4 Å². The van der Waals surface area contributed by atoms with Crippen LogP contribution in [-0.2, 0) is 16.0 Å². The summed E-state index contributed by atoms with van der Waals surface area (Å²) in [5.74, 6) is -0.748. The minimum absolute atomic E-state index is 0.0168. The maximum Gasteiger partial charge on any atom is 0.255 e. The number of para-hydroxylation sites is 1. The van der Waals surface area contributed by atoms with Gasteiger partial charge in [-0.25, -0.2) is 0 Å². The summed E-state index contributed by atoms with van der Waals surface area (Å²) in [5, 5.41) is 7.04. The lowest BCUT2D eigenvalue weighted by Crippen LogP contribution is -2.58. The van der Waals surface area contributed by atoms with Gasteiger partial charge < -0.3 is 20.5 Å². The van der Waals surface area contributed by atoms with Crippen LogP contribution in [0.15, 0.2) is 48.5 Å². The van der Waals surface area contributed by atoms with Crippen molar-refractivity contribution >= 4 is 28.6 Å². The first-order chi connectivity index (χ1) is 16.8. The molecular weight excluding hydrogens is 440 g/mol. The smallest absolute Gasteiger partial charge is 0.255 e. The van der Waals surface area contributed by atoms with Crippen molar-refractivity contribution in [3.05, 3.63) is 70.9 Å². The molecule has 0 unspecified atom stereocenters. The van der Waals surface area contributed by atoms with Gasteiger partial charge >= 0.3 is 0 Å². The van der Waals surface area contributed by atoms with Crippen molar-refractivity contribution in [3.8, 4) is 0 Å². The molecule has 2 aliphatic heterocycles. The number of aromatic amines is 1. The highest BCUT2D eigenvalue weighted by molar-refractivity contribution is 6.04. The maximum absolute atomic E-state index is 13.8. The minimum atomic E-state index is -0.718. The molecule has 7 heteroatoms. The fourth-order valence-electron chi connectivity index (χ4n) is 5.36. The highest BCUT2D eigenvalue weighted by Gasteiger charge is 2.49. The molecule has 3 heterocycles. The molecule has 0 spiro atoms. The molecule has 1 aromatic heterocycles. The molecule has 3 N–H and O–H groups in total. The topological polar surface area (TPSA) is 94.3 Å². The Morgan fingerprint density at radius 1 is 1.06 bits per heavy atom. The van der Waals surface area contributed by atoms with Gasteiger partial charge in [-0.2, -0.15) is 0 Å². The third kappa shape index (κ3) is 3.79. The Balaban J connectivity index is 1.54. The number of benzene rings is 2. The van der Waals surface area contributed by atoms with Crippen LogP contribution >= 0.6 is 0 Å². The Morgan fingerprint density at radius 2 is 1.77 bits per heavy atom. The monoisotopic (exact) mass is 472 g/mol. The Bertz CT molecular complexity index is 1310. The van der Waals surface area contributed by atoms with Gasteiger partial charge in [0, 0.05) is 34.6 Å². The predicted molar refractivity (Wildman–Crippen MR) is 135 cm³/mol. The van der Waals surface area contributed by atoms with Gasteiger partial charge in [-0.05, 0) is 42.5 Å². The summed E-state index contributed by atoms with van der Waals surface area (Å²) >= 11 is 0. The average molecular weight is 473 g/mol. The van der Waals surface area contributed by atoms with E-state index < -0.39 is 12.1 Å². The van der Waals surface area contributed by atoms with E-state index in [1.54, 1.807) is 4.90 Å². The first-order valence-corrected chi connectivity index (χ1v) is 12.4. The van der Waals surface area contributed by atoms with E-state index in [2.05, 4.69) is 21.7 Å². The Labute approximate surface area is 205 Å². The quantitative estimate of drug-likeness (QED) is 0.511. The molecule has 4 atom stereocenters. The van der Waals surface area contributed by atoms with Crippen molar-refractivity contribution in [1.82, 2.24) is 20.5 Å². The van der Waals surface area contributed by atoms with Crippen LogP contribution in [0.3, 0.4) is 0 Å². The Morgan fingerprint density at radius 3 is 2.51 bits per heavy atom. The standard InChI is InChI=1S/C28H32N4O3/c1-5-16(4)29-27(34)23(15(2)3)31-26(33)22-14-20-17-10-8-9-13-21(17)30-24(20)25-18-11-6-7-12-19(18)28(35)32(22)25/h6-13,15-16,22-23,25,30H,5,14H2,1-4H3,(H,29,34)(H,31,33)/t16-,22-,23+,25+/m0/s1. The molecule has 0 saturated heterocycles. The van der Waals surface area contributed by atoms with Gasteiger partial charge in [0.1, 0.15) is 12.1 Å². The number of aromatic nitrogens is 1. The molecule has 3 amide bonds. The second-order valence-corrected chi connectivity index (χ2v) is 10.0. The number of rotatable bonds is 6. The molecule has 3 aromatic rings. The van der Waals surface area contributed by atoms with Crippen LogP contribution in [0, 0.1) is 5.92 Å². The van der Waals surface area contributed by atoms with E-state index in [-0.39, 0.29) is 35.7 Å². The number of nitrogens with one attached hydrogen (secondary N) is 3. The summed E-state index contributed by atoms with van der Waals surface area (Å²) in [6, 6.07) is 13.8. The summed E-state index contributed by atoms with van der Waals surface area (Å²) < 4.78 is 0. The number of carbonyl (C=O) groups is 3. The van der Waals surface area contributed by atoms with Crippen molar-refractivity contribution in [2.24, 2.45) is 5.92 Å². The van der Waals surface area contributed by atoms with E-state index >= 15 is 0 Å². The van der Waals surface area contributed by atoms with E-state index in [1.807, 2.05) is 70.2 Å². The molecule has 0 radical (unpaired) electrons. The van der Waals surface area contributed by atoms with Gasteiger partial charge in [-0.15, -0.1) is 0 Å². The average Bonchev–Trinajstić information content (AvgIpc) is 3.37. The Hall–Kier alpha value is -3.61. The fourth-order valence-corrected chi connectivity index (χ4v) is 5.36. The summed E-state index contributed by atoms with van der Waals surface area (Å²) in [6.45, 7) is 7.78. The van der Waals surface area contributed by atoms with Gasteiger partial charge in [0.15, 0.2) is 0 Å². The zero-order valence-electron chi connectivity index (χ0n) is 20.6. The molecule has 0 fully saturated rings. The van der Waals surface area contributed by atoms with Crippen molar-refractivity contribution in [2.45, 2.75) is 64.7 Å². The van der Waals surface area contributed by atoms with Crippen LogP contribution in [0.2, 0.25) is 0 Å². The predicted octanol–water partition coefficient (Wildman–Crippen LogP) is 3.69. The zero-order valence-corrected chi connectivity index (χ0v) is 20.6. The van der Waals surface area contributed by atoms with Crippen molar-refractivity contribution < 1.29 is 14.4 Å². The van der Waals surface area contributed by atoms with Crippen LogP contribution < -0.4 is 10.6 Å². The molecule has 0 saturated carbocycles. The van der Waals surface area contributed by atoms with Gasteiger partial charge in [0.25, 0.3) is 5.91 Å². The van der Waals surface area contributed by atoms with E-state index in [9.17, 15) is 14.4 Å². The number of amides is 3. The molecular formula is C28H32N4O3. The molecule has 0 aliphatic carbocycles. The number of carbonyl (C=O) groups excluding carboxylic acids is 3. The number of hydrogen-bond acceptors (Lipinski definition) is 3. The maximum atomic E-state index is 13.8. The number of H-pyrrole nitrogens is 1. The van der Waals surface area contributed by atoms with Crippen LogP contribution in [-0.4, -0.2) is 45.7 Å². The first-order valence-electron chi connectivity index (χ1n) is 12.4. The summed E-state index contributed by atoms with van der Waals surface area (Å²) in [5.41, 5.74) is 4.53. The molecule has 182 valence electrons. The second kappa shape index (κ2) is 8.87. The highest BCUT2D eigenvalue weighted by atomic mass is 16.2. The fraction of sp³-hybridized carbons (Fsp3) is 0.393. The van der Waals surface area contributed by atoms with Crippen LogP contribution in [0.4, 0.5) is 0 Å². The minimum Gasteiger partial charge on any atom is -0.356 e. The molecule has 7 nitrogen and oxygen atoms in total.